The maximum atomic E-state index is 12.6. The third kappa shape index (κ3) is 3.92. The molecule has 3 N–H and O–H groups in total. The minimum absolute atomic E-state index is 0. The minimum Gasteiger partial charge on any atom is -0.381 e. The molecule has 1 amide bonds. The van der Waals surface area contributed by atoms with Crippen LogP contribution in [0.5, 0.6) is 0 Å². The summed E-state index contributed by atoms with van der Waals surface area (Å²) in [6.45, 7) is 1.99. The summed E-state index contributed by atoms with van der Waals surface area (Å²) in [6.07, 6.45) is 4.48. The number of amides is 1. The molecule has 3 rings (SSSR count). The Morgan fingerprint density at radius 1 is 1.38 bits per heavy atom. The van der Waals surface area contributed by atoms with Crippen LogP contribution in [-0.2, 0) is 16.1 Å². The third-order valence-corrected chi connectivity index (χ3v) is 4.37. The van der Waals surface area contributed by atoms with Gasteiger partial charge in [0.15, 0.2) is 0 Å². The summed E-state index contributed by atoms with van der Waals surface area (Å²) in [5.41, 5.74) is 7.28. The number of hydrogen-bond acceptors (Lipinski definition) is 5. The van der Waals surface area contributed by atoms with E-state index in [-0.39, 0.29) is 18.3 Å². The predicted molar refractivity (Wildman–Crippen MR) is 92.0 cm³/mol. The van der Waals surface area contributed by atoms with Crippen molar-refractivity contribution in [3.63, 3.8) is 0 Å². The van der Waals surface area contributed by atoms with Gasteiger partial charge in [0, 0.05) is 26.3 Å². The van der Waals surface area contributed by atoms with Crippen molar-refractivity contribution in [2.45, 2.75) is 19.4 Å². The zero-order chi connectivity index (χ0) is 16.1. The Morgan fingerprint density at radius 3 is 2.83 bits per heavy atom. The van der Waals surface area contributed by atoms with Gasteiger partial charge in [0.2, 0.25) is 5.91 Å². The van der Waals surface area contributed by atoms with Gasteiger partial charge >= 0.3 is 0 Å². The third-order valence-electron chi connectivity index (χ3n) is 4.37. The maximum absolute atomic E-state index is 12.6. The number of benzene rings is 1. The molecule has 7 nitrogen and oxygen atoms in total. The quantitative estimate of drug-likeness (QED) is 0.839. The zero-order valence-electron chi connectivity index (χ0n) is 13.4. The van der Waals surface area contributed by atoms with Crippen molar-refractivity contribution in [2.75, 3.05) is 19.8 Å². The van der Waals surface area contributed by atoms with E-state index in [1.807, 2.05) is 24.3 Å². The summed E-state index contributed by atoms with van der Waals surface area (Å²) in [5, 5.41) is 7.12. The molecule has 2 aromatic rings. The van der Waals surface area contributed by atoms with Crippen molar-refractivity contribution in [1.29, 1.82) is 0 Å². The lowest BCUT2D eigenvalue weighted by Crippen LogP contribution is -2.48. The summed E-state index contributed by atoms with van der Waals surface area (Å²) >= 11 is 0. The molecule has 2 heterocycles. The molecule has 1 fully saturated rings. The lowest BCUT2D eigenvalue weighted by atomic mass is 9.79. The number of ether oxygens (including phenoxy) is 1. The van der Waals surface area contributed by atoms with Gasteiger partial charge in [0.25, 0.3) is 0 Å². The molecule has 1 aromatic heterocycles. The number of hydrogen-bond donors (Lipinski definition) is 2. The zero-order valence-corrected chi connectivity index (χ0v) is 14.2. The molecule has 0 unspecified atom stereocenters. The maximum Gasteiger partial charge on any atom is 0.227 e. The van der Waals surface area contributed by atoms with Gasteiger partial charge in [-0.05, 0) is 30.5 Å². The first kappa shape index (κ1) is 18.4. The molecule has 0 spiro atoms. The van der Waals surface area contributed by atoms with Crippen molar-refractivity contribution >= 4 is 18.3 Å². The number of aromatic nitrogens is 3. The Morgan fingerprint density at radius 2 is 2.17 bits per heavy atom. The number of halogens is 1. The summed E-state index contributed by atoms with van der Waals surface area (Å²) < 4.78 is 7.03. The molecule has 0 aliphatic carbocycles. The predicted octanol–water partition coefficient (Wildman–Crippen LogP) is 1.06. The van der Waals surface area contributed by atoms with E-state index in [9.17, 15) is 4.79 Å². The molecule has 8 heteroatoms. The summed E-state index contributed by atoms with van der Waals surface area (Å²) in [4.78, 5) is 16.5. The normalized spacial score (nSPS) is 16.2. The van der Waals surface area contributed by atoms with E-state index in [2.05, 4.69) is 15.4 Å². The first-order valence-corrected chi connectivity index (χ1v) is 7.74. The fourth-order valence-corrected chi connectivity index (χ4v) is 2.81. The number of rotatable bonds is 5. The highest BCUT2D eigenvalue weighted by Gasteiger charge is 2.38. The Bertz CT molecular complexity index is 656. The molecular formula is C16H22ClN5O2. The molecule has 0 saturated carbocycles. The molecule has 1 aliphatic rings. The van der Waals surface area contributed by atoms with Crippen molar-refractivity contribution < 1.29 is 9.53 Å². The van der Waals surface area contributed by atoms with E-state index in [1.165, 1.54) is 6.33 Å². The largest absolute Gasteiger partial charge is 0.381 e. The van der Waals surface area contributed by atoms with Gasteiger partial charge in [-0.25, -0.2) is 9.67 Å². The number of nitrogens with two attached hydrogens (primary N) is 1. The van der Waals surface area contributed by atoms with Gasteiger partial charge in [-0.1, -0.05) is 12.1 Å². The van der Waals surface area contributed by atoms with Crippen LogP contribution in [0.25, 0.3) is 5.69 Å². The number of nitrogens with zero attached hydrogens (tertiary/aromatic N) is 3. The smallest absolute Gasteiger partial charge is 0.227 e. The van der Waals surface area contributed by atoms with Gasteiger partial charge in [-0.2, -0.15) is 5.10 Å². The van der Waals surface area contributed by atoms with E-state index >= 15 is 0 Å². The number of carbonyl (C=O) groups is 1. The van der Waals surface area contributed by atoms with Crippen LogP contribution in [0.2, 0.25) is 0 Å². The first-order chi connectivity index (χ1) is 11.2. The number of carbonyl (C=O) groups excluding carboxylic acids is 1. The van der Waals surface area contributed by atoms with Crippen LogP contribution >= 0.6 is 12.4 Å². The van der Waals surface area contributed by atoms with Crippen molar-refractivity contribution in [2.24, 2.45) is 11.1 Å². The summed E-state index contributed by atoms with van der Waals surface area (Å²) in [5.74, 6) is 0.00876. The molecule has 0 bridgehead atoms. The van der Waals surface area contributed by atoms with Gasteiger partial charge in [0.05, 0.1) is 11.1 Å². The Labute approximate surface area is 147 Å². The molecule has 1 aromatic carbocycles. The van der Waals surface area contributed by atoms with Crippen LogP contribution < -0.4 is 11.1 Å². The van der Waals surface area contributed by atoms with E-state index in [1.54, 1.807) is 11.0 Å². The summed E-state index contributed by atoms with van der Waals surface area (Å²) in [7, 11) is 0. The molecule has 1 saturated heterocycles. The lowest BCUT2D eigenvalue weighted by Gasteiger charge is -2.34. The topological polar surface area (TPSA) is 95.1 Å². The molecule has 130 valence electrons. The van der Waals surface area contributed by atoms with Crippen LogP contribution in [0.4, 0.5) is 0 Å². The van der Waals surface area contributed by atoms with E-state index in [4.69, 9.17) is 10.5 Å². The highest BCUT2D eigenvalue weighted by Crippen LogP contribution is 2.29. The molecule has 0 radical (unpaired) electrons. The molecule has 1 aliphatic heterocycles. The van der Waals surface area contributed by atoms with E-state index < -0.39 is 5.41 Å². The van der Waals surface area contributed by atoms with Gasteiger partial charge in [-0.3, -0.25) is 4.79 Å². The highest BCUT2D eigenvalue weighted by molar-refractivity contribution is 5.85. The van der Waals surface area contributed by atoms with Crippen LogP contribution in [0.3, 0.4) is 0 Å². The SMILES string of the molecule is Cl.NCC1(C(=O)NCc2cccc(-n3cncn3)c2)CCOCC1. The molecular weight excluding hydrogens is 330 g/mol. The highest BCUT2D eigenvalue weighted by atomic mass is 35.5. The fraction of sp³-hybridized carbons (Fsp3) is 0.438. The second-order valence-electron chi connectivity index (χ2n) is 5.79. The van der Waals surface area contributed by atoms with Crippen molar-refractivity contribution in [1.82, 2.24) is 20.1 Å². The van der Waals surface area contributed by atoms with Gasteiger partial charge in [0.1, 0.15) is 12.7 Å². The standard InChI is InChI=1S/C16H21N5O2.ClH/c17-10-16(4-6-23-7-5-16)15(22)19-9-13-2-1-3-14(8-13)21-12-18-11-20-21;/h1-3,8,11-12H,4-7,9-10,17H2,(H,19,22);1H. The summed E-state index contributed by atoms with van der Waals surface area (Å²) in [6, 6.07) is 7.83. The molecule has 24 heavy (non-hydrogen) atoms. The average Bonchev–Trinajstić information content (AvgIpc) is 3.15. The fourth-order valence-electron chi connectivity index (χ4n) is 2.81. The second kappa shape index (κ2) is 8.23. The lowest BCUT2D eigenvalue weighted by molar-refractivity contribution is -0.136. The van der Waals surface area contributed by atoms with E-state index in [0.29, 0.717) is 39.1 Å². The van der Waals surface area contributed by atoms with Crippen LogP contribution in [0.15, 0.2) is 36.9 Å². The second-order valence-corrected chi connectivity index (χ2v) is 5.79. The monoisotopic (exact) mass is 351 g/mol. The van der Waals surface area contributed by atoms with Crippen molar-refractivity contribution in [3.8, 4) is 5.69 Å². The van der Waals surface area contributed by atoms with Crippen LogP contribution in [0, 0.1) is 5.41 Å². The Kier molecular flexibility index (Phi) is 6.30. The molecule has 0 atom stereocenters. The van der Waals surface area contributed by atoms with Gasteiger partial charge < -0.3 is 15.8 Å². The van der Waals surface area contributed by atoms with Crippen LogP contribution in [-0.4, -0.2) is 40.4 Å². The van der Waals surface area contributed by atoms with Crippen molar-refractivity contribution in [3.05, 3.63) is 42.5 Å². The van der Waals surface area contributed by atoms with Crippen LogP contribution in [0.1, 0.15) is 18.4 Å². The number of nitrogens with one attached hydrogen (secondary N) is 1. The Balaban J connectivity index is 0.00000208. The Hall–Kier alpha value is -1.96. The average molecular weight is 352 g/mol. The minimum atomic E-state index is -0.498. The van der Waals surface area contributed by atoms with E-state index in [0.717, 1.165) is 11.3 Å². The first-order valence-electron chi connectivity index (χ1n) is 7.74. The van der Waals surface area contributed by atoms with Gasteiger partial charge in [-0.15, -0.1) is 12.4 Å².